The fraction of sp³-hybridized carbons (Fsp3) is 0.500. The van der Waals surface area contributed by atoms with Gasteiger partial charge in [0.15, 0.2) is 0 Å². The quantitative estimate of drug-likeness (QED) is 0.645. The molecule has 0 radical (unpaired) electrons. The van der Waals surface area contributed by atoms with Crippen LogP contribution in [0.2, 0.25) is 0 Å². The van der Waals surface area contributed by atoms with Crippen LogP contribution in [0.15, 0.2) is 18.2 Å². The molecule has 4 heteroatoms. The summed E-state index contributed by atoms with van der Waals surface area (Å²) in [5.41, 5.74) is 7.75. The van der Waals surface area contributed by atoms with Crippen molar-refractivity contribution in [1.82, 2.24) is 0 Å². The Hall–Kier alpha value is -0.490. The van der Waals surface area contributed by atoms with Crippen molar-refractivity contribution in [3.8, 4) is 0 Å². The van der Waals surface area contributed by atoms with Crippen LogP contribution in [0.1, 0.15) is 19.3 Å². The van der Waals surface area contributed by atoms with Crippen molar-refractivity contribution < 1.29 is 5.11 Å². The number of aliphatic hydroxyl groups excluding tert-OH is 1. The lowest BCUT2D eigenvalue weighted by Crippen LogP contribution is -2.42. The minimum Gasteiger partial charge on any atom is -0.399 e. The monoisotopic (exact) mass is 332 g/mol. The SMILES string of the molecule is Nc1ccc(N2CCCCC2CO)c(I)c1. The number of rotatable bonds is 2. The number of nitrogens with two attached hydrogens (primary N) is 1. The maximum atomic E-state index is 9.40. The largest absolute Gasteiger partial charge is 0.399 e. The van der Waals surface area contributed by atoms with Crippen LogP contribution < -0.4 is 10.6 Å². The Balaban J connectivity index is 2.27. The second-order valence-electron chi connectivity index (χ2n) is 4.24. The highest BCUT2D eigenvalue weighted by molar-refractivity contribution is 14.1. The molecule has 1 atom stereocenters. The van der Waals surface area contributed by atoms with Gasteiger partial charge in [-0.05, 0) is 60.1 Å². The molecule has 0 bridgehead atoms. The Morgan fingerprint density at radius 2 is 2.25 bits per heavy atom. The second-order valence-corrected chi connectivity index (χ2v) is 5.40. The average Bonchev–Trinajstić information content (AvgIpc) is 2.29. The zero-order valence-electron chi connectivity index (χ0n) is 9.19. The molecule has 1 heterocycles. The number of piperidine rings is 1. The van der Waals surface area contributed by atoms with E-state index in [0.29, 0.717) is 0 Å². The van der Waals surface area contributed by atoms with Crippen LogP contribution in [0.5, 0.6) is 0 Å². The Bertz CT molecular complexity index is 370. The second kappa shape index (κ2) is 5.23. The lowest BCUT2D eigenvalue weighted by atomic mass is 10.0. The summed E-state index contributed by atoms with van der Waals surface area (Å²) in [6.07, 6.45) is 3.50. The minimum absolute atomic E-state index is 0.237. The molecule has 1 aliphatic rings. The van der Waals surface area contributed by atoms with Gasteiger partial charge in [-0.2, -0.15) is 0 Å². The molecule has 0 aromatic heterocycles. The molecule has 0 amide bonds. The molecule has 1 fully saturated rings. The van der Waals surface area contributed by atoms with Gasteiger partial charge in [-0.1, -0.05) is 0 Å². The molecule has 2 rings (SSSR count). The van der Waals surface area contributed by atoms with Crippen LogP contribution in [-0.2, 0) is 0 Å². The van der Waals surface area contributed by atoms with Gasteiger partial charge in [0.2, 0.25) is 0 Å². The molecule has 3 nitrogen and oxygen atoms in total. The molecule has 1 unspecified atom stereocenters. The number of aliphatic hydroxyl groups is 1. The third-order valence-electron chi connectivity index (χ3n) is 3.12. The van der Waals surface area contributed by atoms with E-state index < -0.39 is 0 Å². The van der Waals surface area contributed by atoms with Gasteiger partial charge in [-0.25, -0.2) is 0 Å². The Kier molecular flexibility index (Phi) is 3.91. The number of hydrogen-bond acceptors (Lipinski definition) is 3. The number of anilines is 2. The molecule has 16 heavy (non-hydrogen) atoms. The molecule has 0 spiro atoms. The van der Waals surface area contributed by atoms with Gasteiger partial charge in [0.25, 0.3) is 0 Å². The summed E-state index contributed by atoms with van der Waals surface area (Å²) in [4.78, 5) is 2.31. The van der Waals surface area contributed by atoms with Gasteiger partial charge in [0, 0.05) is 15.8 Å². The summed E-state index contributed by atoms with van der Waals surface area (Å²) < 4.78 is 1.16. The van der Waals surface area contributed by atoms with Crippen molar-refractivity contribution in [2.45, 2.75) is 25.3 Å². The fourth-order valence-electron chi connectivity index (χ4n) is 2.26. The number of halogens is 1. The van der Waals surface area contributed by atoms with Gasteiger partial charge in [-0.15, -0.1) is 0 Å². The van der Waals surface area contributed by atoms with Crippen LogP contribution in [-0.4, -0.2) is 24.3 Å². The van der Waals surface area contributed by atoms with Gasteiger partial charge >= 0.3 is 0 Å². The number of hydrogen-bond donors (Lipinski definition) is 2. The molecule has 1 aliphatic heterocycles. The van der Waals surface area contributed by atoms with Crippen molar-refractivity contribution in [1.29, 1.82) is 0 Å². The van der Waals surface area contributed by atoms with E-state index in [1.54, 1.807) is 0 Å². The maximum Gasteiger partial charge on any atom is 0.0635 e. The lowest BCUT2D eigenvalue weighted by Gasteiger charge is -2.37. The van der Waals surface area contributed by atoms with Crippen LogP contribution >= 0.6 is 22.6 Å². The third-order valence-corrected chi connectivity index (χ3v) is 3.98. The van der Waals surface area contributed by atoms with E-state index in [4.69, 9.17) is 5.73 Å². The van der Waals surface area contributed by atoms with Gasteiger partial charge in [0.1, 0.15) is 0 Å². The first kappa shape index (κ1) is 12.0. The van der Waals surface area contributed by atoms with Gasteiger partial charge in [-0.3, -0.25) is 0 Å². The molecule has 1 saturated heterocycles. The highest BCUT2D eigenvalue weighted by Gasteiger charge is 2.23. The summed E-state index contributed by atoms with van der Waals surface area (Å²) in [6.45, 7) is 1.27. The molecule has 0 aliphatic carbocycles. The first-order valence-electron chi connectivity index (χ1n) is 5.65. The van der Waals surface area contributed by atoms with E-state index in [1.165, 1.54) is 18.5 Å². The Morgan fingerprint density at radius 1 is 1.44 bits per heavy atom. The zero-order valence-corrected chi connectivity index (χ0v) is 11.4. The van der Waals surface area contributed by atoms with Crippen molar-refractivity contribution in [2.75, 3.05) is 23.8 Å². The summed E-state index contributed by atoms with van der Waals surface area (Å²) in [7, 11) is 0. The summed E-state index contributed by atoms with van der Waals surface area (Å²) in [5.74, 6) is 0. The fourth-order valence-corrected chi connectivity index (χ4v) is 3.11. The average molecular weight is 332 g/mol. The summed E-state index contributed by atoms with van der Waals surface area (Å²) in [6, 6.07) is 6.25. The smallest absolute Gasteiger partial charge is 0.0635 e. The first-order valence-corrected chi connectivity index (χ1v) is 6.73. The molecule has 1 aromatic rings. The molecule has 0 saturated carbocycles. The summed E-state index contributed by atoms with van der Waals surface area (Å²) in [5, 5.41) is 9.40. The van der Waals surface area contributed by atoms with Crippen LogP contribution in [0, 0.1) is 3.57 Å². The third kappa shape index (κ3) is 2.43. The summed E-state index contributed by atoms with van der Waals surface area (Å²) >= 11 is 2.31. The van der Waals surface area contributed by atoms with Crippen molar-refractivity contribution >= 4 is 34.0 Å². The highest BCUT2D eigenvalue weighted by atomic mass is 127. The van der Waals surface area contributed by atoms with Gasteiger partial charge in [0.05, 0.1) is 18.3 Å². The van der Waals surface area contributed by atoms with E-state index in [9.17, 15) is 5.11 Å². The van der Waals surface area contributed by atoms with E-state index in [1.807, 2.05) is 12.1 Å². The van der Waals surface area contributed by atoms with E-state index in [0.717, 1.165) is 22.2 Å². The topological polar surface area (TPSA) is 49.5 Å². The van der Waals surface area contributed by atoms with E-state index >= 15 is 0 Å². The number of nitrogen functional groups attached to an aromatic ring is 1. The van der Waals surface area contributed by atoms with E-state index in [2.05, 4.69) is 33.6 Å². The van der Waals surface area contributed by atoms with Crippen LogP contribution in [0.3, 0.4) is 0 Å². The predicted molar refractivity (Wildman–Crippen MR) is 75.6 cm³/mol. The molecule has 88 valence electrons. The van der Waals surface area contributed by atoms with E-state index in [-0.39, 0.29) is 12.6 Å². The molecular weight excluding hydrogens is 315 g/mol. The minimum atomic E-state index is 0.237. The van der Waals surface area contributed by atoms with Crippen LogP contribution in [0.4, 0.5) is 11.4 Å². The normalized spacial score (nSPS) is 21.1. The van der Waals surface area contributed by atoms with Crippen molar-refractivity contribution in [3.05, 3.63) is 21.8 Å². The first-order chi connectivity index (χ1) is 7.72. The molecule has 3 N–H and O–H groups in total. The standard InChI is InChI=1S/C12H17IN2O/c13-11-7-9(14)4-5-12(11)15-6-2-1-3-10(15)8-16/h4-5,7,10,16H,1-3,6,8,14H2. The van der Waals surface area contributed by atoms with Crippen molar-refractivity contribution in [3.63, 3.8) is 0 Å². The number of nitrogens with zero attached hydrogens (tertiary/aromatic N) is 1. The molecular formula is C12H17IN2O. The highest BCUT2D eigenvalue weighted by Crippen LogP contribution is 2.30. The maximum absolute atomic E-state index is 9.40. The van der Waals surface area contributed by atoms with Crippen LogP contribution in [0.25, 0.3) is 0 Å². The zero-order chi connectivity index (χ0) is 11.5. The Morgan fingerprint density at radius 3 is 2.94 bits per heavy atom. The van der Waals surface area contributed by atoms with Crippen molar-refractivity contribution in [2.24, 2.45) is 0 Å². The number of benzene rings is 1. The van der Waals surface area contributed by atoms with Gasteiger partial charge < -0.3 is 15.7 Å². The Labute approximate surface area is 110 Å². The molecule has 1 aromatic carbocycles. The lowest BCUT2D eigenvalue weighted by molar-refractivity contribution is 0.240. The predicted octanol–water partition coefficient (Wildman–Crippen LogP) is 2.22.